The minimum Gasteiger partial charge on any atom is -0.379 e. The van der Waals surface area contributed by atoms with Gasteiger partial charge in [-0.25, -0.2) is 0 Å². The normalized spacial score (nSPS) is 29.1. The first kappa shape index (κ1) is 22.3. The van der Waals surface area contributed by atoms with Crippen molar-refractivity contribution in [2.45, 2.75) is 103 Å². The van der Waals surface area contributed by atoms with E-state index in [-0.39, 0.29) is 0 Å². The molecule has 0 atom stereocenters. The number of allylic oxidation sites excluding steroid dienone is 4. The fourth-order valence-electron chi connectivity index (χ4n) is 4.68. The van der Waals surface area contributed by atoms with Crippen molar-refractivity contribution in [1.29, 1.82) is 0 Å². The van der Waals surface area contributed by atoms with Gasteiger partial charge in [-0.05, 0) is 88.2 Å². The lowest BCUT2D eigenvalue weighted by atomic mass is 9.79. The molecule has 0 heterocycles. The molecule has 0 aromatic carbocycles. The van der Waals surface area contributed by atoms with Crippen molar-refractivity contribution in [1.82, 2.24) is 0 Å². The third-order valence-corrected chi connectivity index (χ3v) is 6.47. The monoisotopic (exact) mass is 370 g/mol. The van der Waals surface area contributed by atoms with Crippen LogP contribution in [0.3, 0.4) is 0 Å². The van der Waals surface area contributed by atoms with Gasteiger partial charge in [-0.3, -0.25) is 0 Å². The highest BCUT2D eigenvalue weighted by Crippen LogP contribution is 2.32. The van der Waals surface area contributed by atoms with E-state index >= 15 is 0 Å². The zero-order chi connectivity index (χ0) is 19.2. The van der Waals surface area contributed by atoms with E-state index in [0.717, 1.165) is 18.4 Å². The Kier molecular flexibility index (Phi) is 11.6. The van der Waals surface area contributed by atoms with Gasteiger partial charge in [-0.15, -0.1) is 0 Å². The summed E-state index contributed by atoms with van der Waals surface area (Å²) in [6, 6.07) is 0. The van der Waals surface area contributed by atoms with Crippen molar-refractivity contribution in [3.8, 4) is 11.8 Å². The maximum absolute atomic E-state index is 5.72. The molecule has 2 fully saturated rings. The van der Waals surface area contributed by atoms with Crippen LogP contribution in [0.15, 0.2) is 24.3 Å². The number of hydrogen-bond donors (Lipinski definition) is 0. The van der Waals surface area contributed by atoms with Crippen LogP contribution in [-0.2, 0) is 4.74 Å². The first-order chi connectivity index (χ1) is 13.3. The second-order valence-electron chi connectivity index (χ2n) is 8.63. The summed E-state index contributed by atoms with van der Waals surface area (Å²) in [6.45, 7) is 5.24. The topological polar surface area (TPSA) is 9.23 Å². The van der Waals surface area contributed by atoms with Crippen molar-refractivity contribution in [2.24, 2.45) is 17.8 Å². The third kappa shape index (κ3) is 9.66. The summed E-state index contributed by atoms with van der Waals surface area (Å²) in [5.41, 5.74) is 0. The molecule has 0 aromatic rings. The highest BCUT2D eigenvalue weighted by molar-refractivity contribution is 5.24. The summed E-state index contributed by atoms with van der Waals surface area (Å²) in [7, 11) is 0. The predicted octanol–water partition coefficient (Wildman–Crippen LogP) is 7.47. The van der Waals surface area contributed by atoms with Crippen molar-refractivity contribution < 1.29 is 4.74 Å². The molecule has 0 amide bonds. The highest BCUT2D eigenvalue weighted by Gasteiger charge is 2.19. The Bertz CT molecular complexity index is 476. The van der Waals surface area contributed by atoms with Gasteiger partial charge < -0.3 is 4.74 Å². The van der Waals surface area contributed by atoms with Crippen LogP contribution in [0.1, 0.15) is 97.3 Å². The Hall–Kier alpha value is -1.00. The van der Waals surface area contributed by atoms with Gasteiger partial charge in [0.05, 0.1) is 6.10 Å². The molecule has 1 nitrogen and oxygen atoms in total. The minimum atomic E-state index is 0.500. The van der Waals surface area contributed by atoms with Gasteiger partial charge in [0.15, 0.2) is 0 Å². The smallest absolute Gasteiger partial charge is 0.0575 e. The summed E-state index contributed by atoms with van der Waals surface area (Å²) >= 11 is 0. The maximum atomic E-state index is 5.72. The Morgan fingerprint density at radius 2 is 1.33 bits per heavy atom. The Morgan fingerprint density at radius 1 is 0.741 bits per heavy atom. The molecule has 27 heavy (non-hydrogen) atoms. The lowest BCUT2D eigenvalue weighted by molar-refractivity contribution is 0.0302. The van der Waals surface area contributed by atoms with Gasteiger partial charge in [-0.2, -0.15) is 0 Å². The van der Waals surface area contributed by atoms with Crippen molar-refractivity contribution in [3.63, 3.8) is 0 Å². The number of unbranched alkanes of at least 4 members (excludes halogenated alkanes) is 3. The fraction of sp³-hybridized carbons (Fsp3) is 0.769. The molecular weight excluding hydrogens is 328 g/mol. The van der Waals surface area contributed by atoms with Gasteiger partial charge in [0.2, 0.25) is 0 Å². The molecule has 2 aliphatic carbocycles. The first-order valence-electron chi connectivity index (χ1n) is 11.8. The second-order valence-corrected chi connectivity index (χ2v) is 8.63. The van der Waals surface area contributed by atoms with Crippen LogP contribution in [0.2, 0.25) is 0 Å². The van der Waals surface area contributed by atoms with Crippen LogP contribution in [0.4, 0.5) is 0 Å². The molecule has 0 spiro atoms. The molecular formula is C26H42O. The molecule has 0 aliphatic heterocycles. The summed E-state index contributed by atoms with van der Waals surface area (Å²) < 4.78 is 5.72. The average Bonchev–Trinajstić information content (AvgIpc) is 2.70. The van der Waals surface area contributed by atoms with E-state index < -0.39 is 0 Å². The van der Waals surface area contributed by atoms with Gasteiger partial charge in [0.1, 0.15) is 0 Å². The van der Waals surface area contributed by atoms with Gasteiger partial charge >= 0.3 is 0 Å². The molecule has 0 unspecified atom stereocenters. The second kappa shape index (κ2) is 14.1. The van der Waals surface area contributed by atoms with Crippen LogP contribution >= 0.6 is 0 Å². The highest BCUT2D eigenvalue weighted by atomic mass is 16.5. The standard InChI is InChI=1S/C26H42O/c1-3-5-6-9-12-23-15-17-24(18-16-23)13-10-7-8-11-14-25-19-21-26(22-20-25)27-4-2/h10-11,13-14,23-26H,3-6,9,12,15-22H2,1-2H3/b13-10+,14-11+/t23-,24-,25-,26-. The zero-order valence-corrected chi connectivity index (χ0v) is 17.9. The SMILES string of the molecule is CCCCCC[C@H]1CC[C@H](/C=C/C#C/C=C/[C@H]2CC[C@H](OCC)CC2)CC1. The molecule has 0 aromatic heterocycles. The van der Waals surface area contributed by atoms with E-state index in [1.54, 1.807) is 0 Å². The van der Waals surface area contributed by atoms with E-state index in [0.29, 0.717) is 12.0 Å². The molecule has 1 heteroatoms. The number of hydrogen-bond acceptors (Lipinski definition) is 1. The molecule has 0 bridgehead atoms. The maximum Gasteiger partial charge on any atom is 0.0575 e. The van der Waals surface area contributed by atoms with Crippen molar-refractivity contribution in [3.05, 3.63) is 24.3 Å². The van der Waals surface area contributed by atoms with Crippen molar-refractivity contribution >= 4 is 0 Å². The molecule has 152 valence electrons. The minimum absolute atomic E-state index is 0.500. The first-order valence-corrected chi connectivity index (χ1v) is 11.8. The summed E-state index contributed by atoms with van der Waals surface area (Å²) in [5, 5.41) is 0. The summed E-state index contributed by atoms with van der Waals surface area (Å²) in [4.78, 5) is 0. The van der Waals surface area contributed by atoms with Gasteiger partial charge in [0.25, 0.3) is 0 Å². The van der Waals surface area contributed by atoms with E-state index in [9.17, 15) is 0 Å². The quantitative estimate of drug-likeness (QED) is 0.302. The summed E-state index contributed by atoms with van der Waals surface area (Å²) in [5.74, 6) is 8.90. The summed E-state index contributed by atoms with van der Waals surface area (Å²) in [6.07, 6.45) is 27.0. The average molecular weight is 371 g/mol. The van der Waals surface area contributed by atoms with Crippen LogP contribution in [0.25, 0.3) is 0 Å². The van der Waals surface area contributed by atoms with Crippen LogP contribution in [0, 0.1) is 29.6 Å². The fourth-order valence-corrected chi connectivity index (χ4v) is 4.68. The van der Waals surface area contributed by atoms with Crippen LogP contribution < -0.4 is 0 Å². The van der Waals surface area contributed by atoms with Gasteiger partial charge in [0, 0.05) is 6.61 Å². The van der Waals surface area contributed by atoms with E-state index in [1.807, 2.05) is 0 Å². The van der Waals surface area contributed by atoms with Gasteiger partial charge in [-0.1, -0.05) is 63.0 Å². The lowest BCUT2D eigenvalue weighted by Gasteiger charge is -2.26. The van der Waals surface area contributed by atoms with E-state index in [2.05, 4.69) is 50.0 Å². The molecule has 2 aliphatic rings. The van der Waals surface area contributed by atoms with Crippen LogP contribution in [-0.4, -0.2) is 12.7 Å². The third-order valence-electron chi connectivity index (χ3n) is 6.47. The molecule has 0 N–H and O–H groups in total. The number of rotatable bonds is 9. The molecule has 0 saturated heterocycles. The number of ether oxygens (including phenoxy) is 1. The lowest BCUT2D eigenvalue weighted by Crippen LogP contribution is -2.20. The Balaban J connectivity index is 1.56. The zero-order valence-electron chi connectivity index (χ0n) is 17.9. The Labute approximate surface area is 169 Å². The van der Waals surface area contributed by atoms with E-state index in [4.69, 9.17) is 4.74 Å². The van der Waals surface area contributed by atoms with Crippen LogP contribution in [0.5, 0.6) is 0 Å². The van der Waals surface area contributed by atoms with E-state index in [1.165, 1.54) is 83.5 Å². The molecule has 2 saturated carbocycles. The largest absolute Gasteiger partial charge is 0.379 e. The molecule has 0 radical (unpaired) electrons. The van der Waals surface area contributed by atoms with Crippen molar-refractivity contribution in [2.75, 3.05) is 6.61 Å². The predicted molar refractivity (Wildman–Crippen MR) is 118 cm³/mol. The Morgan fingerprint density at radius 3 is 1.89 bits per heavy atom. The molecule has 2 rings (SSSR count).